The molecule has 7 heteroatoms. The van der Waals surface area contributed by atoms with Crippen molar-refractivity contribution in [3.63, 3.8) is 0 Å². The van der Waals surface area contributed by atoms with E-state index in [-0.39, 0.29) is 23.5 Å². The number of aromatic nitrogens is 2. The molecule has 0 saturated heterocycles. The predicted octanol–water partition coefficient (Wildman–Crippen LogP) is 4.31. The van der Waals surface area contributed by atoms with Gasteiger partial charge < -0.3 is 15.4 Å². The Morgan fingerprint density at radius 1 is 1.03 bits per heavy atom. The molecule has 6 nitrogen and oxygen atoms in total. The van der Waals surface area contributed by atoms with Crippen LogP contribution in [0.5, 0.6) is 5.75 Å². The van der Waals surface area contributed by atoms with Gasteiger partial charge >= 0.3 is 0 Å². The van der Waals surface area contributed by atoms with Crippen LogP contribution in [-0.4, -0.2) is 28.8 Å². The number of amides is 1. The zero-order chi connectivity index (χ0) is 20.6. The maximum atomic E-state index is 13.6. The van der Waals surface area contributed by atoms with Crippen LogP contribution in [0.25, 0.3) is 0 Å². The minimum absolute atomic E-state index is 0.0115. The number of benzene rings is 2. The van der Waals surface area contributed by atoms with Crippen LogP contribution in [0.4, 0.5) is 15.9 Å². The van der Waals surface area contributed by atoms with Gasteiger partial charge in [-0.25, -0.2) is 4.39 Å². The molecule has 29 heavy (non-hydrogen) atoms. The van der Waals surface area contributed by atoms with Gasteiger partial charge in [-0.05, 0) is 56.2 Å². The average molecular weight is 394 g/mol. The number of nitrogens with zero attached hydrogens (tertiary/aromatic N) is 2. The number of halogens is 1. The number of ether oxygens (including phenoxy) is 1. The van der Waals surface area contributed by atoms with Crippen molar-refractivity contribution in [2.75, 3.05) is 17.2 Å². The fourth-order valence-electron chi connectivity index (χ4n) is 2.69. The van der Waals surface area contributed by atoms with Gasteiger partial charge in [-0.1, -0.05) is 30.3 Å². The first kappa shape index (κ1) is 20.3. The van der Waals surface area contributed by atoms with E-state index >= 15 is 0 Å². The van der Waals surface area contributed by atoms with Crippen molar-refractivity contribution in [1.82, 2.24) is 10.2 Å². The molecule has 0 atom stereocenters. The van der Waals surface area contributed by atoms with Gasteiger partial charge in [0.15, 0.2) is 5.69 Å². The zero-order valence-corrected chi connectivity index (χ0v) is 16.4. The number of rotatable bonds is 8. The number of hydrogen-bond donors (Lipinski definition) is 2. The number of anilines is 2. The van der Waals surface area contributed by atoms with Gasteiger partial charge in [0.1, 0.15) is 17.4 Å². The third kappa shape index (κ3) is 5.75. The highest BCUT2D eigenvalue weighted by Gasteiger charge is 2.12. The summed E-state index contributed by atoms with van der Waals surface area (Å²) in [6.45, 7) is 4.34. The molecule has 0 aliphatic carbocycles. The van der Waals surface area contributed by atoms with Gasteiger partial charge in [0.2, 0.25) is 0 Å². The van der Waals surface area contributed by atoms with Crippen LogP contribution in [0.3, 0.4) is 0 Å². The first-order chi connectivity index (χ1) is 14.0. The van der Waals surface area contributed by atoms with Gasteiger partial charge in [-0.15, -0.1) is 10.2 Å². The second kappa shape index (κ2) is 9.64. The fourth-order valence-corrected chi connectivity index (χ4v) is 2.69. The van der Waals surface area contributed by atoms with Crippen LogP contribution < -0.4 is 15.4 Å². The summed E-state index contributed by atoms with van der Waals surface area (Å²) in [6.07, 6.45) is 0.506. The summed E-state index contributed by atoms with van der Waals surface area (Å²) in [6, 6.07) is 17.1. The quantitative estimate of drug-likeness (QED) is 0.595. The molecule has 0 radical (unpaired) electrons. The second-order valence-corrected chi connectivity index (χ2v) is 6.69. The van der Waals surface area contributed by atoms with Crippen molar-refractivity contribution in [2.24, 2.45) is 0 Å². The molecule has 2 aromatic carbocycles. The number of para-hydroxylation sites is 2. The van der Waals surface area contributed by atoms with Gasteiger partial charge in [-0.3, -0.25) is 4.79 Å². The summed E-state index contributed by atoms with van der Waals surface area (Å²) in [4.78, 5) is 12.5. The Hall–Kier alpha value is -3.48. The fraction of sp³-hybridized carbons (Fsp3) is 0.227. The molecule has 0 saturated carbocycles. The molecule has 0 spiro atoms. The Balaban J connectivity index is 1.57. The van der Waals surface area contributed by atoms with E-state index in [9.17, 15) is 9.18 Å². The maximum absolute atomic E-state index is 13.6. The van der Waals surface area contributed by atoms with Crippen molar-refractivity contribution in [2.45, 2.75) is 26.4 Å². The minimum atomic E-state index is -0.379. The van der Waals surface area contributed by atoms with E-state index in [1.165, 1.54) is 6.07 Å². The summed E-state index contributed by atoms with van der Waals surface area (Å²) in [5.41, 5.74) is 1.38. The van der Waals surface area contributed by atoms with E-state index < -0.39 is 0 Å². The monoisotopic (exact) mass is 394 g/mol. The van der Waals surface area contributed by atoms with Crippen LogP contribution in [0, 0.1) is 5.82 Å². The average Bonchev–Trinajstić information content (AvgIpc) is 2.71. The van der Waals surface area contributed by atoms with Crippen LogP contribution >= 0.6 is 0 Å². The molecule has 1 aromatic heterocycles. The highest BCUT2D eigenvalue weighted by molar-refractivity contribution is 6.03. The predicted molar refractivity (Wildman–Crippen MR) is 111 cm³/mol. The van der Waals surface area contributed by atoms with E-state index in [4.69, 9.17) is 4.74 Å². The lowest BCUT2D eigenvalue weighted by molar-refractivity contribution is 0.102. The molecule has 0 bridgehead atoms. The number of nitrogens with one attached hydrogen (secondary N) is 2. The molecular weight excluding hydrogens is 371 g/mol. The van der Waals surface area contributed by atoms with E-state index in [0.717, 1.165) is 0 Å². The topological polar surface area (TPSA) is 76.1 Å². The van der Waals surface area contributed by atoms with Crippen molar-refractivity contribution < 1.29 is 13.9 Å². The number of carbonyl (C=O) groups is 1. The lowest BCUT2D eigenvalue weighted by atomic mass is 10.1. The summed E-state index contributed by atoms with van der Waals surface area (Å²) in [5, 5.41) is 13.9. The lowest BCUT2D eigenvalue weighted by Gasteiger charge is -2.14. The molecular formula is C22H23FN4O2. The summed E-state index contributed by atoms with van der Waals surface area (Å²) < 4.78 is 19.3. The van der Waals surface area contributed by atoms with Gasteiger partial charge in [0.05, 0.1) is 11.8 Å². The molecule has 3 aromatic rings. The molecule has 3 rings (SSSR count). The SMILES string of the molecule is CC(C)Oc1ccccc1NC(=O)c1ccc(NCCc2ccccc2F)nn1. The Morgan fingerprint density at radius 2 is 1.79 bits per heavy atom. The van der Waals surface area contributed by atoms with Crippen molar-refractivity contribution in [1.29, 1.82) is 0 Å². The Bertz CT molecular complexity index is 961. The molecule has 0 fully saturated rings. The Kier molecular flexibility index (Phi) is 6.73. The maximum Gasteiger partial charge on any atom is 0.276 e. The smallest absolute Gasteiger partial charge is 0.276 e. The molecule has 2 N–H and O–H groups in total. The van der Waals surface area contributed by atoms with Crippen LogP contribution in [0.2, 0.25) is 0 Å². The van der Waals surface area contributed by atoms with Crippen LogP contribution in [-0.2, 0) is 6.42 Å². The summed E-state index contributed by atoms with van der Waals surface area (Å²) >= 11 is 0. The Morgan fingerprint density at radius 3 is 2.52 bits per heavy atom. The normalized spacial score (nSPS) is 10.6. The van der Waals surface area contributed by atoms with Gasteiger partial charge in [-0.2, -0.15) is 0 Å². The second-order valence-electron chi connectivity index (χ2n) is 6.69. The van der Waals surface area contributed by atoms with Crippen LogP contribution in [0.15, 0.2) is 60.7 Å². The highest BCUT2D eigenvalue weighted by atomic mass is 19.1. The number of hydrogen-bond acceptors (Lipinski definition) is 5. The van der Waals surface area contributed by atoms with E-state index in [2.05, 4.69) is 20.8 Å². The minimum Gasteiger partial charge on any atom is -0.489 e. The molecule has 0 unspecified atom stereocenters. The third-order valence-corrected chi connectivity index (χ3v) is 4.05. The number of carbonyl (C=O) groups excluding carboxylic acids is 1. The van der Waals surface area contributed by atoms with E-state index in [1.807, 2.05) is 26.0 Å². The summed E-state index contributed by atoms with van der Waals surface area (Å²) in [7, 11) is 0. The van der Waals surface area contributed by atoms with Gasteiger partial charge in [0.25, 0.3) is 5.91 Å². The summed E-state index contributed by atoms with van der Waals surface area (Å²) in [5.74, 6) is 0.501. The molecule has 150 valence electrons. The third-order valence-electron chi connectivity index (χ3n) is 4.05. The molecule has 1 heterocycles. The molecule has 0 aliphatic rings. The molecule has 0 aliphatic heterocycles. The lowest BCUT2D eigenvalue weighted by Crippen LogP contribution is -2.17. The standard InChI is InChI=1S/C22H23FN4O2/c1-15(2)29-20-10-6-5-9-18(20)25-22(28)19-11-12-21(27-26-19)24-14-13-16-7-3-4-8-17(16)23/h3-12,15H,13-14H2,1-2H3,(H,24,27)(H,25,28). The zero-order valence-electron chi connectivity index (χ0n) is 16.4. The van der Waals surface area contributed by atoms with E-state index in [0.29, 0.717) is 35.8 Å². The van der Waals surface area contributed by atoms with Crippen molar-refractivity contribution in [3.8, 4) is 5.75 Å². The van der Waals surface area contributed by atoms with Crippen molar-refractivity contribution in [3.05, 3.63) is 77.7 Å². The van der Waals surface area contributed by atoms with E-state index in [1.54, 1.807) is 42.5 Å². The van der Waals surface area contributed by atoms with Gasteiger partial charge in [0, 0.05) is 6.54 Å². The first-order valence-corrected chi connectivity index (χ1v) is 9.41. The molecule has 1 amide bonds. The first-order valence-electron chi connectivity index (χ1n) is 9.41. The van der Waals surface area contributed by atoms with Crippen molar-refractivity contribution >= 4 is 17.4 Å². The Labute approximate surface area is 169 Å². The van der Waals surface area contributed by atoms with Crippen LogP contribution in [0.1, 0.15) is 29.9 Å². The highest BCUT2D eigenvalue weighted by Crippen LogP contribution is 2.25. The largest absolute Gasteiger partial charge is 0.489 e.